The lowest BCUT2D eigenvalue weighted by atomic mass is 9.63. The Morgan fingerprint density at radius 3 is 2.12 bits per heavy atom. The summed E-state index contributed by atoms with van der Waals surface area (Å²) in [5, 5.41) is 9.33. The van der Waals surface area contributed by atoms with E-state index in [1.165, 1.54) is 25.7 Å². The average Bonchev–Trinajstić information content (AvgIpc) is 3.07. The molecule has 0 aromatic carbocycles. The fourth-order valence-corrected chi connectivity index (χ4v) is 9.14. The summed E-state index contributed by atoms with van der Waals surface area (Å²) in [6.07, 6.45) is 19.1. The van der Waals surface area contributed by atoms with Crippen LogP contribution < -0.4 is 0 Å². The maximum Gasteiger partial charge on any atom is 0.303 e. The van der Waals surface area contributed by atoms with Gasteiger partial charge >= 0.3 is 5.97 Å². The molecule has 2 fully saturated rings. The summed E-state index contributed by atoms with van der Waals surface area (Å²) in [5.41, 5.74) is 0.305. The van der Waals surface area contributed by atoms with Crippen LogP contribution in [0.2, 0.25) is 36.3 Å². The zero-order valence-electron chi connectivity index (χ0n) is 28.3. The van der Waals surface area contributed by atoms with Crippen molar-refractivity contribution in [1.82, 2.24) is 0 Å². The zero-order valence-corrected chi connectivity index (χ0v) is 31.1. The van der Waals surface area contributed by atoms with Gasteiger partial charge in [0.1, 0.15) is 0 Å². The van der Waals surface area contributed by atoms with Gasteiger partial charge in [0.15, 0.2) is 16.6 Å². The molecule has 238 valence electrons. The third-order valence-electron chi connectivity index (χ3n) is 11.1. The molecule has 7 heteroatoms. The first kappa shape index (κ1) is 36.8. The number of carboxylic acid groups (broad SMARTS) is 1. The number of carboxylic acids is 1. The van der Waals surface area contributed by atoms with E-state index in [4.69, 9.17) is 25.6 Å². The standard InChI is InChI=1S/C34H63ClO4Si2/c1-12-34(23-18-24-34)30(39-41(10,11)33(5,6)7)21-17-20-27-26(19-15-13-14-16-22-31(36)37)28(35)25-29(27)38-40(8,9)32(2,3)4/h13,15,17,20,26-30H,12,14,16,18-19,21-25H2,1-11H3,(H,36,37)/b15-13-,20-17+/t26-,27-,28+,29-,30?/m1/s1. The molecule has 0 radical (unpaired) electrons. The second-order valence-electron chi connectivity index (χ2n) is 16.0. The zero-order chi connectivity index (χ0) is 31.3. The molecule has 0 bridgehead atoms. The van der Waals surface area contributed by atoms with Gasteiger partial charge in [-0.25, -0.2) is 0 Å². The van der Waals surface area contributed by atoms with Crippen molar-refractivity contribution in [1.29, 1.82) is 0 Å². The van der Waals surface area contributed by atoms with Gasteiger partial charge in [0.25, 0.3) is 0 Å². The number of rotatable bonds is 15. The van der Waals surface area contributed by atoms with Crippen LogP contribution in [-0.2, 0) is 13.6 Å². The topological polar surface area (TPSA) is 55.8 Å². The van der Waals surface area contributed by atoms with Gasteiger partial charge < -0.3 is 14.0 Å². The highest BCUT2D eigenvalue weighted by Gasteiger charge is 2.49. The van der Waals surface area contributed by atoms with Gasteiger partial charge in [-0.05, 0) is 99.0 Å². The van der Waals surface area contributed by atoms with Crippen LogP contribution in [0.25, 0.3) is 0 Å². The van der Waals surface area contributed by atoms with Gasteiger partial charge in [-0.2, -0.15) is 0 Å². The molecular weight excluding hydrogens is 564 g/mol. The van der Waals surface area contributed by atoms with Crippen LogP contribution in [0, 0.1) is 17.3 Å². The first-order valence-corrected chi connectivity index (χ1v) is 22.5. The first-order valence-electron chi connectivity index (χ1n) is 16.3. The largest absolute Gasteiger partial charge is 0.481 e. The molecule has 5 atom stereocenters. The summed E-state index contributed by atoms with van der Waals surface area (Å²) in [4.78, 5) is 10.9. The predicted molar refractivity (Wildman–Crippen MR) is 181 cm³/mol. The predicted octanol–water partition coefficient (Wildman–Crippen LogP) is 10.7. The van der Waals surface area contributed by atoms with E-state index in [-0.39, 0.29) is 40.0 Å². The molecule has 2 aliphatic carbocycles. The van der Waals surface area contributed by atoms with Crippen LogP contribution in [0.3, 0.4) is 0 Å². The van der Waals surface area contributed by atoms with Crippen LogP contribution in [0.5, 0.6) is 0 Å². The number of alkyl halides is 1. The quantitative estimate of drug-likeness (QED) is 0.0850. The monoisotopic (exact) mass is 626 g/mol. The maximum atomic E-state index is 10.9. The molecule has 2 rings (SSSR count). The van der Waals surface area contributed by atoms with E-state index in [1.54, 1.807) is 0 Å². The molecule has 0 saturated heterocycles. The normalized spacial score (nSPS) is 26.5. The molecule has 2 saturated carbocycles. The SMILES string of the molecule is CCC1(C(C/C=C/[C@@H]2[C@@H](C/C=C\CCCC(=O)O)[C@@H](Cl)C[C@H]2O[Si](C)(C)C(C)(C)C)O[Si](C)(C)C(C)(C)C)CCC1. The number of halogens is 1. The highest BCUT2D eigenvalue weighted by Crippen LogP contribution is 2.52. The van der Waals surface area contributed by atoms with E-state index in [2.05, 4.69) is 99.0 Å². The highest BCUT2D eigenvalue weighted by atomic mass is 35.5. The van der Waals surface area contributed by atoms with Crippen LogP contribution in [0.15, 0.2) is 24.3 Å². The Labute approximate surface area is 260 Å². The van der Waals surface area contributed by atoms with E-state index < -0.39 is 22.6 Å². The molecule has 1 unspecified atom stereocenters. The Hall–Kier alpha value is -0.406. The minimum Gasteiger partial charge on any atom is -0.481 e. The number of aliphatic carboxylic acids is 1. The number of hydrogen-bond acceptors (Lipinski definition) is 3. The fraction of sp³-hybridized carbons (Fsp3) is 0.853. The molecule has 0 heterocycles. The van der Waals surface area contributed by atoms with Crippen LogP contribution in [0.4, 0.5) is 0 Å². The first-order chi connectivity index (χ1) is 18.8. The van der Waals surface area contributed by atoms with Gasteiger partial charge in [0.05, 0.1) is 12.2 Å². The van der Waals surface area contributed by atoms with Gasteiger partial charge in [0, 0.05) is 17.7 Å². The summed E-state index contributed by atoms with van der Waals surface area (Å²) >= 11 is 7.07. The Balaban J connectivity index is 2.28. The molecule has 0 spiro atoms. The smallest absolute Gasteiger partial charge is 0.303 e. The Bertz CT molecular complexity index is 890. The van der Waals surface area contributed by atoms with Gasteiger partial charge in [-0.15, -0.1) is 11.6 Å². The molecule has 41 heavy (non-hydrogen) atoms. The summed E-state index contributed by atoms with van der Waals surface area (Å²) in [5.74, 6) is -0.154. The molecule has 0 amide bonds. The van der Waals surface area contributed by atoms with Gasteiger partial charge in [-0.1, -0.05) is 79.2 Å². The number of unbranched alkanes of at least 4 members (excludes halogenated alkanes) is 1. The van der Waals surface area contributed by atoms with Crippen molar-refractivity contribution < 1.29 is 18.8 Å². The van der Waals surface area contributed by atoms with E-state index in [0.29, 0.717) is 17.8 Å². The average molecular weight is 627 g/mol. The molecule has 0 aromatic heterocycles. The molecule has 4 nitrogen and oxygen atoms in total. The minimum absolute atomic E-state index is 0.0657. The highest BCUT2D eigenvalue weighted by molar-refractivity contribution is 6.74. The molecule has 0 aliphatic heterocycles. The van der Waals surface area contributed by atoms with E-state index in [9.17, 15) is 4.79 Å². The van der Waals surface area contributed by atoms with Crippen molar-refractivity contribution in [3.8, 4) is 0 Å². The third kappa shape index (κ3) is 9.79. The van der Waals surface area contributed by atoms with Crippen molar-refractivity contribution in [2.75, 3.05) is 0 Å². The Kier molecular flexibility index (Phi) is 13.1. The maximum absolute atomic E-state index is 10.9. The van der Waals surface area contributed by atoms with Gasteiger partial charge in [0.2, 0.25) is 0 Å². The molecule has 2 aliphatic rings. The molecule has 0 aromatic rings. The number of allylic oxidation sites excluding steroid dienone is 2. The lowest BCUT2D eigenvalue weighted by Gasteiger charge is -2.51. The summed E-state index contributed by atoms with van der Waals surface area (Å²) in [6.45, 7) is 25.8. The van der Waals surface area contributed by atoms with E-state index in [1.807, 2.05) is 0 Å². The van der Waals surface area contributed by atoms with Crippen LogP contribution >= 0.6 is 11.6 Å². The van der Waals surface area contributed by atoms with Crippen molar-refractivity contribution in [2.24, 2.45) is 17.3 Å². The van der Waals surface area contributed by atoms with Gasteiger partial charge in [-0.3, -0.25) is 4.79 Å². The number of carbonyl (C=O) groups is 1. The Morgan fingerprint density at radius 1 is 1.02 bits per heavy atom. The summed E-state index contributed by atoms with van der Waals surface area (Å²) in [7, 11) is -3.87. The Morgan fingerprint density at radius 2 is 1.63 bits per heavy atom. The van der Waals surface area contributed by atoms with Crippen molar-refractivity contribution in [2.45, 2.75) is 167 Å². The lowest BCUT2D eigenvalue weighted by Crippen LogP contribution is -2.51. The van der Waals surface area contributed by atoms with Crippen LogP contribution in [-0.4, -0.2) is 45.3 Å². The van der Waals surface area contributed by atoms with Crippen molar-refractivity contribution in [3.05, 3.63) is 24.3 Å². The summed E-state index contributed by atoms with van der Waals surface area (Å²) in [6, 6.07) is 0. The third-order valence-corrected chi connectivity index (χ3v) is 20.6. The van der Waals surface area contributed by atoms with Crippen LogP contribution in [0.1, 0.15) is 113 Å². The van der Waals surface area contributed by atoms with Crippen molar-refractivity contribution in [3.63, 3.8) is 0 Å². The van der Waals surface area contributed by atoms with E-state index >= 15 is 0 Å². The summed E-state index contributed by atoms with van der Waals surface area (Å²) < 4.78 is 14.2. The second kappa shape index (κ2) is 14.6. The minimum atomic E-state index is -1.96. The fourth-order valence-electron chi connectivity index (χ4n) is 5.92. The van der Waals surface area contributed by atoms with E-state index in [0.717, 1.165) is 25.7 Å². The molecule has 1 N–H and O–H groups in total. The molecular formula is C34H63ClO4Si2. The number of hydrogen-bond donors (Lipinski definition) is 1. The van der Waals surface area contributed by atoms with Crippen molar-refractivity contribution >= 4 is 34.2 Å². The second-order valence-corrected chi connectivity index (χ2v) is 26.1. The lowest BCUT2D eigenvalue weighted by molar-refractivity contribution is -0.137.